The third-order valence-corrected chi connectivity index (χ3v) is 5.54. The summed E-state index contributed by atoms with van der Waals surface area (Å²) in [6.07, 6.45) is -0.792. The molecule has 0 heterocycles. The topological polar surface area (TPSA) is 105 Å². The van der Waals surface area contributed by atoms with E-state index in [9.17, 15) is 18.8 Å². The quantitative estimate of drug-likeness (QED) is 0.519. The van der Waals surface area contributed by atoms with E-state index < -0.39 is 29.8 Å². The van der Waals surface area contributed by atoms with Crippen LogP contribution in [-0.4, -0.2) is 35.7 Å². The van der Waals surface area contributed by atoms with Gasteiger partial charge in [0.2, 0.25) is 5.91 Å². The first-order chi connectivity index (χ1) is 15.8. The molecule has 3 aromatic rings. The molecule has 0 saturated heterocycles. The van der Waals surface area contributed by atoms with E-state index in [-0.39, 0.29) is 23.8 Å². The highest BCUT2D eigenvalue weighted by atomic mass is 19.1. The third-order valence-electron chi connectivity index (χ3n) is 5.54. The Balaban J connectivity index is 1.37. The Kier molecular flexibility index (Phi) is 6.08. The number of halogens is 1. The van der Waals surface area contributed by atoms with E-state index in [2.05, 4.69) is 10.6 Å². The van der Waals surface area contributed by atoms with Crippen LogP contribution >= 0.6 is 0 Å². The van der Waals surface area contributed by atoms with Gasteiger partial charge in [-0.25, -0.2) is 14.0 Å². The molecule has 33 heavy (non-hydrogen) atoms. The predicted molar refractivity (Wildman–Crippen MR) is 120 cm³/mol. The summed E-state index contributed by atoms with van der Waals surface area (Å²) in [7, 11) is 0. The zero-order chi connectivity index (χ0) is 23.5. The number of hydrogen-bond acceptors (Lipinski definition) is 4. The number of hydrogen-bond donors (Lipinski definition) is 3. The summed E-state index contributed by atoms with van der Waals surface area (Å²) in [5, 5.41) is 13.7. The number of carbonyl (C=O) groups excluding carboxylic acids is 2. The smallest absolute Gasteiger partial charge is 0.407 e. The Bertz CT molecular complexity index is 1200. The maximum Gasteiger partial charge on any atom is 0.407 e. The van der Waals surface area contributed by atoms with Crippen LogP contribution in [0.2, 0.25) is 0 Å². The molecule has 0 radical (unpaired) electrons. The monoisotopic (exact) mass is 448 g/mol. The minimum Gasteiger partial charge on any atom is -0.478 e. The first kappa shape index (κ1) is 22.0. The van der Waals surface area contributed by atoms with Crippen LogP contribution in [-0.2, 0) is 9.53 Å². The second-order valence-corrected chi connectivity index (χ2v) is 7.68. The Morgan fingerprint density at radius 3 is 2.21 bits per heavy atom. The molecule has 4 rings (SSSR count). The number of benzene rings is 3. The fourth-order valence-electron chi connectivity index (χ4n) is 3.88. The number of fused-ring (bicyclic) bond motifs is 3. The lowest BCUT2D eigenvalue weighted by Crippen LogP contribution is -2.42. The summed E-state index contributed by atoms with van der Waals surface area (Å²) >= 11 is 0. The van der Waals surface area contributed by atoms with Crippen molar-refractivity contribution in [2.45, 2.75) is 18.9 Å². The van der Waals surface area contributed by atoms with E-state index in [1.54, 1.807) is 0 Å². The molecule has 0 bridgehead atoms. The van der Waals surface area contributed by atoms with Gasteiger partial charge in [0.15, 0.2) is 0 Å². The molecular formula is C25H21FN2O5. The molecule has 1 atom stereocenters. The van der Waals surface area contributed by atoms with Gasteiger partial charge in [-0.1, -0.05) is 48.5 Å². The number of carboxylic acids is 1. The summed E-state index contributed by atoms with van der Waals surface area (Å²) in [5.74, 6) is -2.89. The number of amides is 2. The molecule has 1 aliphatic rings. The molecule has 3 N–H and O–H groups in total. The van der Waals surface area contributed by atoms with Gasteiger partial charge in [-0.05, 0) is 47.4 Å². The molecular weight excluding hydrogens is 427 g/mol. The number of ether oxygens (including phenoxy) is 1. The van der Waals surface area contributed by atoms with Gasteiger partial charge in [0, 0.05) is 5.92 Å². The van der Waals surface area contributed by atoms with Crippen molar-refractivity contribution in [3.8, 4) is 11.1 Å². The van der Waals surface area contributed by atoms with Crippen LogP contribution in [0.4, 0.5) is 14.9 Å². The van der Waals surface area contributed by atoms with Gasteiger partial charge in [0.1, 0.15) is 18.5 Å². The number of aromatic carboxylic acids is 1. The molecule has 1 aliphatic carbocycles. The number of alkyl carbamates (subject to hydrolysis) is 1. The first-order valence-electron chi connectivity index (χ1n) is 10.3. The summed E-state index contributed by atoms with van der Waals surface area (Å²) in [5.41, 5.74) is 3.85. The van der Waals surface area contributed by atoms with Crippen LogP contribution in [0.5, 0.6) is 0 Å². The Labute approximate surface area is 189 Å². The number of carboxylic acid groups (broad SMARTS) is 1. The molecule has 168 valence electrons. The van der Waals surface area contributed by atoms with Gasteiger partial charge in [-0.3, -0.25) is 4.79 Å². The molecule has 0 aromatic heterocycles. The van der Waals surface area contributed by atoms with Crippen molar-refractivity contribution >= 4 is 23.7 Å². The highest BCUT2D eigenvalue weighted by Gasteiger charge is 2.29. The minimum absolute atomic E-state index is 0.0868. The Morgan fingerprint density at radius 1 is 1.00 bits per heavy atom. The van der Waals surface area contributed by atoms with E-state index in [1.807, 2.05) is 48.5 Å². The first-order valence-corrected chi connectivity index (χ1v) is 10.3. The normalized spacial score (nSPS) is 12.9. The van der Waals surface area contributed by atoms with Crippen molar-refractivity contribution in [3.05, 3.63) is 89.2 Å². The average Bonchev–Trinajstić information content (AvgIpc) is 3.12. The van der Waals surface area contributed by atoms with Crippen LogP contribution in [0, 0.1) is 5.82 Å². The SMILES string of the molecule is C[C@@H](NC(=O)OCC1c2ccccc2-c2ccccc21)C(=O)Nc1cc(C(=O)O)ccc1F. The fourth-order valence-corrected chi connectivity index (χ4v) is 3.88. The van der Waals surface area contributed by atoms with Crippen LogP contribution in [0.1, 0.15) is 34.3 Å². The standard InChI is InChI=1S/C25H21FN2O5/c1-14(23(29)28-22-12-15(24(30)31)10-11-21(22)26)27-25(32)33-13-20-18-8-4-2-6-16(18)17-7-3-5-9-19(17)20/h2-12,14,20H,13H2,1H3,(H,27,32)(H,28,29)(H,30,31)/t14-/m1/s1. The van der Waals surface area contributed by atoms with E-state index in [0.717, 1.165) is 40.5 Å². The maximum absolute atomic E-state index is 13.9. The van der Waals surface area contributed by atoms with Crippen molar-refractivity contribution in [3.63, 3.8) is 0 Å². The summed E-state index contributed by atoms with van der Waals surface area (Å²) in [6, 6.07) is 17.8. The zero-order valence-corrected chi connectivity index (χ0v) is 17.7. The summed E-state index contributed by atoms with van der Waals surface area (Å²) < 4.78 is 19.3. The van der Waals surface area contributed by atoms with E-state index in [1.165, 1.54) is 6.92 Å². The lowest BCUT2D eigenvalue weighted by atomic mass is 9.98. The van der Waals surface area contributed by atoms with Crippen LogP contribution in [0.3, 0.4) is 0 Å². The van der Waals surface area contributed by atoms with Gasteiger partial charge < -0.3 is 20.5 Å². The molecule has 0 aliphatic heterocycles. The third kappa shape index (κ3) is 4.55. The highest BCUT2D eigenvalue weighted by Crippen LogP contribution is 2.44. The summed E-state index contributed by atoms with van der Waals surface area (Å²) in [6.45, 7) is 1.50. The van der Waals surface area contributed by atoms with Crippen molar-refractivity contribution < 1.29 is 28.6 Å². The number of nitrogens with one attached hydrogen (secondary N) is 2. The average molecular weight is 448 g/mol. The lowest BCUT2D eigenvalue weighted by molar-refractivity contribution is -0.117. The summed E-state index contributed by atoms with van der Waals surface area (Å²) in [4.78, 5) is 35.8. The Morgan fingerprint density at radius 2 is 1.61 bits per heavy atom. The van der Waals surface area contributed by atoms with Gasteiger partial charge in [0.05, 0.1) is 11.3 Å². The molecule has 0 spiro atoms. The zero-order valence-electron chi connectivity index (χ0n) is 17.7. The molecule has 0 fully saturated rings. The van der Waals surface area contributed by atoms with Crippen molar-refractivity contribution in [2.24, 2.45) is 0 Å². The van der Waals surface area contributed by atoms with Gasteiger partial charge in [-0.15, -0.1) is 0 Å². The van der Waals surface area contributed by atoms with Gasteiger partial charge in [0.25, 0.3) is 0 Å². The van der Waals surface area contributed by atoms with Gasteiger partial charge >= 0.3 is 12.1 Å². The molecule has 3 aromatic carbocycles. The maximum atomic E-state index is 13.9. The second-order valence-electron chi connectivity index (χ2n) is 7.68. The molecule has 0 unspecified atom stereocenters. The minimum atomic E-state index is -1.25. The number of anilines is 1. The van der Waals surface area contributed by atoms with Crippen molar-refractivity contribution in [1.82, 2.24) is 5.32 Å². The molecule has 2 amide bonds. The van der Waals surface area contributed by atoms with Crippen LogP contribution < -0.4 is 10.6 Å². The largest absolute Gasteiger partial charge is 0.478 e. The van der Waals surface area contributed by atoms with Crippen LogP contribution in [0.25, 0.3) is 11.1 Å². The van der Waals surface area contributed by atoms with Gasteiger partial charge in [-0.2, -0.15) is 0 Å². The molecule has 7 nitrogen and oxygen atoms in total. The van der Waals surface area contributed by atoms with E-state index in [0.29, 0.717) is 0 Å². The van der Waals surface area contributed by atoms with E-state index in [4.69, 9.17) is 9.84 Å². The number of rotatable bonds is 6. The molecule has 8 heteroatoms. The van der Waals surface area contributed by atoms with Crippen molar-refractivity contribution in [1.29, 1.82) is 0 Å². The van der Waals surface area contributed by atoms with Crippen LogP contribution in [0.15, 0.2) is 66.7 Å². The lowest BCUT2D eigenvalue weighted by Gasteiger charge is -2.17. The van der Waals surface area contributed by atoms with Crippen molar-refractivity contribution in [2.75, 3.05) is 11.9 Å². The Hall–Kier alpha value is -4.20. The predicted octanol–water partition coefficient (Wildman–Crippen LogP) is 4.39. The van der Waals surface area contributed by atoms with E-state index >= 15 is 0 Å². The number of carbonyl (C=O) groups is 3. The molecule has 0 saturated carbocycles. The fraction of sp³-hybridized carbons (Fsp3) is 0.160. The second kappa shape index (κ2) is 9.12. The highest BCUT2D eigenvalue weighted by molar-refractivity contribution is 5.97.